The number of aliphatic imine (C=N–C) groups is 1. The van der Waals surface area contributed by atoms with Gasteiger partial charge in [0, 0.05) is 44.4 Å². The van der Waals surface area contributed by atoms with Crippen LogP contribution in [0.3, 0.4) is 0 Å². The van der Waals surface area contributed by atoms with Crippen molar-refractivity contribution in [2.45, 2.75) is 19.9 Å². The summed E-state index contributed by atoms with van der Waals surface area (Å²) in [6.07, 6.45) is 1.06. The van der Waals surface area contributed by atoms with E-state index in [1.165, 1.54) is 5.56 Å². The molecule has 1 aliphatic heterocycles. The van der Waals surface area contributed by atoms with Crippen LogP contribution in [0.2, 0.25) is 0 Å². The van der Waals surface area contributed by atoms with E-state index in [0.29, 0.717) is 28.3 Å². The second kappa shape index (κ2) is 11.5. The molecule has 0 aliphatic carbocycles. The van der Waals surface area contributed by atoms with Gasteiger partial charge >= 0.3 is 0 Å². The minimum absolute atomic E-state index is 0.480. The zero-order valence-corrected chi connectivity index (χ0v) is 20.7. The molecule has 0 aromatic heterocycles. The van der Waals surface area contributed by atoms with Crippen molar-refractivity contribution in [2.75, 3.05) is 40.4 Å². The van der Waals surface area contributed by atoms with Crippen LogP contribution < -0.4 is 9.47 Å². The molecule has 0 spiro atoms. The van der Waals surface area contributed by atoms with Crippen LogP contribution in [0.15, 0.2) is 71.7 Å². The highest BCUT2D eigenvalue weighted by Crippen LogP contribution is 2.45. The van der Waals surface area contributed by atoms with Gasteiger partial charge in [-0.3, -0.25) is 4.90 Å². The van der Waals surface area contributed by atoms with E-state index in [9.17, 15) is 5.26 Å². The topological polar surface area (TPSA) is 61.1 Å². The molecular weight excluding hydrogens is 436 g/mol. The number of hydrogen-bond donors (Lipinski definition) is 0. The molecule has 1 saturated heterocycles. The summed E-state index contributed by atoms with van der Waals surface area (Å²) in [5.74, 6) is 1.99. The Labute approximate surface area is 208 Å². The molecule has 0 amide bonds. The van der Waals surface area contributed by atoms with E-state index in [-0.39, 0.29) is 0 Å². The van der Waals surface area contributed by atoms with Gasteiger partial charge in [0.2, 0.25) is 0 Å². The van der Waals surface area contributed by atoms with E-state index in [1.807, 2.05) is 37.3 Å². The first kappa shape index (κ1) is 24.3. The molecule has 1 aliphatic rings. The average Bonchev–Trinajstić information content (AvgIpc) is 3.14. The van der Waals surface area contributed by atoms with Gasteiger partial charge in [-0.05, 0) is 24.5 Å². The molecule has 0 bridgehead atoms. The van der Waals surface area contributed by atoms with Gasteiger partial charge in [0.05, 0.1) is 25.5 Å². The summed E-state index contributed by atoms with van der Waals surface area (Å²) in [6, 6.07) is 24.6. The van der Waals surface area contributed by atoms with Crippen LogP contribution in [-0.4, -0.2) is 56.0 Å². The van der Waals surface area contributed by atoms with Crippen LogP contribution in [0.5, 0.6) is 11.5 Å². The van der Waals surface area contributed by atoms with E-state index in [4.69, 9.17) is 14.5 Å². The van der Waals surface area contributed by atoms with Crippen LogP contribution in [0.25, 0.3) is 11.1 Å². The Morgan fingerprint density at radius 2 is 1.66 bits per heavy atom. The predicted molar refractivity (Wildman–Crippen MR) is 140 cm³/mol. The standard InChI is InChI=1S/C29H32N4O2/c1-22(33-16-10-15-32(17-18-33)21-23-11-6-4-7-12-23)31-26-19-27(34-2)29(35-3)28(25(26)20-30)24-13-8-5-9-14-24/h4-9,11-14,19H,10,15-18,21H2,1-3H3. The average molecular weight is 469 g/mol. The Morgan fingerprint density at radius 3 is 2.31 bits per heavy atom. The lowest BCUT2D eigenvalue weighted by molar-refractivity contribution is 0.278. The van der Waals surface area contributed by atoms with Gasteiger partial charge in [0.15, 0.2) is 11.5 Å². The van der Waals surface area contributed by atoms with Crippen molar-refractivity contribution in [1.82, 2.24) is 9.80 Å². The number of ether oxygens (including phenoxy) is 2. The van der Waals surface area contributed by atoms with Crippen LogP contribution in [0, 0.1) is 11.3 Å². The summed E-state index contributed by atoms with van der Waals surface area (Å²) in [7, 11) is 3.20. The Kier molecular flexibility index (Phi) is 8.02. The third-order valence-corrected chi connectivity index (χ3v) is 6.40. The minimum Gasteiger partial charge on any atom is -0.493 e. The van der Waals surface area contributed by atoms with Crippen molar-refractivity contribution in [3.63, 3.8) is 0 Å². The molecule has 0 atom stereocenters. The molecule has 1 fully saturated rings. The van der Waals surface area contributed by atoms with Gasteiger partial charge in [-0.1, -0.05) is 60.7 Å². The SMILES string of the molecule is COc1cc(N=C(C)N2CCCN(Cc3ccccc3)CC2)c(C#N)c(-c2ccccc2)c1OC. The van der Waals surface area contributed by atoms with E-state index >= 15 is 0 Å². The lowest BCUT2D eigenvalue weighted by Crippen LogP contribution is -2.33. The van der Waals surface area contributed by atoms with Crippen molar-refractivity contribution < 1.29 is 9.47 Å². The van der Waals surface area contributed by atoms with Crippen LogP contribution >= 0.6 is 0 Å². The summed E-state index contributed by atoms with van der Waals surface area (Å²) in [5, 5.41) is 10.2. The fraction of sp³-hybridized carbons (Fsp3) is 0.310. The molecule has 3 aromatic carbocycles. The molecule has 180 valence electrons. The van der Waals surface area contributed by atoms with E-state index < -0.39 is 0 Å². The monoisotopic (exact) mass is 468 g/mol. The van der Waals surface area contributed by atoms with Crippen molar-refractivity contribution in [1.29, 1.82) is 5.26 Å². The highest BCUT2D eigenvalue weighted by Gasteiger charge is 2.22. The highest BCUT2D eigenvalue weighted by atomic mass is 16.5. The smallest absolute Gasteiger partial charge is 0.170 e. The summed E-state index contributed by atoms with van der Waals surface area (Å²) < 4.78 is 11.3. The van der Waals surface area contributed by atoms with E-state index in [1.54, 1.807) is 20.3 Å². The number of methoxy groups -OCH3 is 2. The molecule has 35 heavy (non-hydrogen) atoms. The quantitative estimate of drug-likeness (QED) is 0.353. The van der Waals surface area contributed by atoms with Crippen molar-refractivity contribution in [3.8, 4) is 28.7 Å². The first-order valence-corrected chi connectivity index (χ1v) is 12.0. The third kappa shape index (κ3) is 5.64. The number of rotatable bonds is 6. The summed E-state index contributed by atoms with van der Waals surface area (Å²) in [4.78, 5) is 9.74. The van der Waals surface area contributed by atoms with Crippen LogP contribution in [0.4, 0.5) is 5.69 Å². The molecule has 0 radical (unpaired) electrons. The van der Waals surface area contributed by atoms with Crippen molar-refractivity contribution in [2.24, 2.45) is 4.99 Å². The van der Waals surface area contributed by atoms with Crippen molar-refractivity contribution in [3.05, 3.63) is 77.9 Å². The largest absolute Gasteiger partial charge is 0.493 e. The third-order valence-electron chi connectivity index (χ3n) is 6.40. The number of nitrogens with zero attached hydrogens (tertiary/aromatic N) is 4. The first-order valence-electron chi connectivity index (χ1n) is 12.0. The Hall–Kier alpha value is -3.82. The zero-order valence-electron chi connectivity index (χ0n) is 20.7. The lowest BCUT2D eigenvalue weighted by atomic mass is 9.97. The molecule has 4 rings (SSSR count). The molecule has 0 saturated carbocycles. The molecule has 0 unspecified atom stereocenters. The summed E-state index contributed by atoms with van der Waals surface area (Å²) >= 11 is 0. The van der Waals surface area contributed by atoms with Crippen LogP contribution in [0.1, 0.15) is 24.5 Å². The number of nitriles is 1. The van der Waals surface area contributed by atoms with Crippen molar-refractivity contribution >= 4 is 11.5 Å². The highest BCUT2D eigenvalue weighted by molar-refractivity contribution is 5.89. The van der Waals surface area contributed by atoms with E-state index in [0.717, 1.165) is 50.5 Å². The first-order chi connectivity index (χ1) is 17.1. The maximum absolute atomic E-state index is 10.2. The number of amidine groups is 1. The summed E-state index contributed by atoms with van der Waals surface area (Å²) in [5.41, 5.74) is 4.00. The maximum atomic E-state index is 10.2. The maximum Gasteiger partial charge on any atom is 0.170 e. The van der Waals surface area contributed by atoms with E-state index in [2.05, 4.69) is 46.2 Å². The number of benzene rings is 3. The molecular formula is C29H32N4O2. The lowest BCUT2D eigenvalue weighted by Gasteiger charge is -2.24. The Balaban J connectivity index is 1.63. The number of hydrogen-bond acceptors (Lipinski definition) is 5. The molecule has 3 aromatic rings. The molecule has 6 nitrogen and oxygen atoms in total. The fourth-order valence-electron chi connectivity index (χ4n) is 4.60. The second-order valence-electron chi connectivity index (χ2n) is 8.62. The normalized spacial score (nSPS) is 14.8. The zero-order chi connectivity index (χ0) is 24.6. The molecule has 1 heterocycles. The van der Waals surface area contributed by atoms with Gasteiger partial charge in [0.25, 0.3) is 0 Å². The molecule has 6 heteroatoms. The van der Waals surface area contributed by atoms with Gasteiger partial charge < -0.3 is 14.4 Å². The van der Waals surface area contributed by atoms with Gasteiger partial charge in [-0.2, -0.15) is 5.26 Å². The summed E-state index contributed by atoms with van der Waals surface area (Å²) in [6.45, 7) is 6.82. The predicted octanol–water partition coefficient (Wildman–Crippen LogP) is 5.50. The fourth-order valence-corrected chi connectivity index (χ4v) is 4.60. The minimum atomic E-state index is 0.480. The van der Waals surface area contributed by atoms with Gasteiger partial charge in [-0.25, -0.2) is 4.99 Å². The van der Waals surface area contributed by atoms with Gasteiger partial charge in [0.1, 0.15) is 11.9 Å². The Bertz CT molecular complexity index is 1200. The second-order valence-corrected chi connectivity index (χ2v) is 8.62. The molecule has 0 N–H and O–H groups in total. The van der Waals surface area contributed by atoms with Gasteiger partial charge in [-0.15, -0.1) is 0 Å². The Morgan fingerprint density at radius 1 is 0.943 bits per heavy atom. The van der Waals surface area contributed by atoms with Crippen LogP contribution in [-0.2, 0) is 6.54 Å².